The van der Waals surface area contributed by atoms with Gasteiger partial charge in [-0.2, -0.15) is 0 Å². The van der Waals surface area contributed by atoms with Crippen LogP contribution >= 0.6 is 11.8 Å². The Hall–Kier alpha value is -3.58. The molecule has 1 aliphatic heterocycles. The third-order valence-corrected chi connectivity index (χ3v) is 6.17. The number of nitrogens with zero attached hydrogens (tertiary/aromatic N) is 2. The summed E-state index contributed by atoms with van der Waals surface area (Å²) in [6.45, 7) is 2.95. The number of aryl methyl sites for hydroxylation is 1. The van der Waals surface area contributed by atoms with Crippen LogP contribution in [-0.2, 0) is 0 Å². The third kappa shape index (κ3) is 3.87. The van der Waals surface area contributed by atoms with Crippen molar-refractivity contribution in [3.63, 3.8) is 0 Å². The largest absolute Gasteiger partial charge is 0.486 e. The SMILES string of the molecule is Cc1ccc(-n2c(SCC(=O)c3ccc4c(c3)OCCO4)nc3ccccc3c2=O)cc1. The fourth-order valence-electron chi connectivity index (χ4n) is 3.56. The lowest BCUT2D eigenvalue weighted by Crippen LogP contribution is -2.22. The molecule has 1 aliphatic rings. The maximum atomic E-state index is 13.3. The molecule has 4 aromatic rings. The zero-order valence-corrected chi connectivity index (χ0v) is 18.2. The Kier molecular flexibility index (Phi) is 5.41. The number of Topliss-reactive ketones (excluding diaryl/α,β-unsaturated/α-hetero) is 1. The van der Waals surface area contributed by atoms with E-state index in [9.17, 15) is 9.59 Å². The smallest absolute Gasteiger partial charge is 0.266 e. The predicted octanol–water partition coefficient (Wildman–Crippen LogP) is 4.44. The van der Waals surface area contributed by atoms with Crippen molar-refractivity contribution in [2.75, 3.05) is 19.0 Å². The first-order valence-electron chi connectivity index (χ1n) is 10.2. The van der Waals surface area contributed by atoms with Gasteiger partial charge in [0.25, 0.3) is 5.56 Å². The number of para-hydroxylation sites is 1. The number of carbonyl (C=O) groups is 1. The van der Waals surface area contributed by atoms with Crippen LogP contribution in [0.3, 0.4) is 0 Å². The fraction of sp³-hybridized carbons (Fsp3) is 0.160. The molecule has 7 heteroatoms. The van der Waals surface area contributed by atoms with Gasteiger partial charge in [0.15, 0.2) is 22.4 Å². The third-order valence-electron chi connectivity index (χ3n) is 5.23. The Morgan fingerprint density at radius 2 is 1.75 bits per heavy atom. The van der Waals surface area contributed by atoms with Crippen molar-refractivity contribution in [2.45, 2.75) is 12.1 Å². The highest BCUT2D eigenvalue weighted by atomic mass is 32.2. The van der Waals surface area contributed by atoms with Crippen LogP contribution in [0.1, 0.15) is 15.9 Å². The molecule has 160 valence electrons. The first-order chi connectivity index (χ1) is 15.6. The van der Waals surface area contributed by atoms with Crippen LogP contribution in [0.15, 0.2) is 76.7 Å². The van der Waals surface area contributed by atoms with Crippen molar-refractivity contribution in [3.8, 4) is 17.2 Å². The lowest BCUT2D eigenvalue weighted by atomic mass is 10.1. The van der Waals surface area contributed by atoms with E-state index in [-0.39, 0.29) is 17.1 Å². The standard InChI is InChI=1S/C25H20N2O4S/c1-16-6-9-18(10-7-16)27-24(29)19-4-2-3-5-20(19)26-25(27)32-15-21(28)17-8-11-22-23(14-17)31-13-12-30-22/h2-11,14H,12-13,15H2,1H3. The summed E-state index contributed by atoms with van der Waals surface area (Å²) < 4.78 is 12.7. The molecule has 2 heterocycles. The van der Waals surface area contributed by atoms with Crippen molar-refractivity contribution in [1.82, 2.24) is 9.55 Å². The van der Waals surface area contributed by atoms with E-state index in [1.54, 1.807) is 28.8 Å². The Morgan fingerprint density at radius 1 is 1.00 bits per heavy atom. The monoisotopic (exact) mass is 444 g/mol. The van der Waals surface area contributed by atoms with Gasteiger partial charge in [-0.3, -0.25) is 14.2 Å². The van der Waals surface area contributed by atoms with Gasteiger partial charge in [0.1, 0.15) is 13.2 Å². The molecule has 5 rings (SSSR count). The normalized spacial score (nSPS) is 12.7. The summed E-state index contributed by atoms with van der Waals surface area (Å²) in [7, 11) is 0. The zero-order valence-electron chi connectivity index (χ0n) is 17.4. The molecule has 0 fully saturated rings. The lowest BCUT2D eigenvalue weighted by molar-refractivity contribution is 0.102. The van der Waals surface area contributed by atoms with Gasteiger partial charge in [0.05, 0.1) is 22.3 Å². The molecule has 0 N–H and O–H groups in total. The molecule has 0 aliphatic carbocycles. The van der Waals surface area contributed by atoms with Crippen LogP contribution in [-0.4, -0.2) is 34.3 Å². The molecule has 0 amide bonds. The van der Waals surface area contributed by atoms with Crippen LogP contribution in [0.25, 0.3) is 16.6 Å². The lowest BCUT2D eigenvalue weighted by Gasteiger charge is -2.18. The van der Waals surface area contributed by atoms with E-state index < -0.39 is 0 Å². The van der Waals surface area contributed by atoms with E-state index in [4.69, 9.17) is 14.5 Å². The summed E-state index contributed by atoms with van der Waals surface area (Å²) in [6.07, 6.45) is 0. The van der Waals surface area contributed by atoms with Crippen molar-refractivity contribution in [3.05, 3.63) is 88.2 Å². The fourth-order valence-corrected chi connectivity index (χ4v) is 4.47. The summed E-state index contributed by atoms with van der Waals surface area (Å²) in [5.41, 5.74) is 2.79. The molecule has 3 aromatic carbocycles. The molecule has 0 spiro atoms. The minimum Gasteiger partial charge on any atom is -0.486 e. The van der Waals surface area contributed by atoms with Crippen LogP contribution in [0, 0.1) is 6.92 Å². The Bertz CT molecular complexity index is 1380. The van der Waals surface area contributed by atoms with E-state index in [2.05, 4.69) is 0 Å². The molecule has 0 atom stereocenters. The second kappa shape index (κ2) is 8.51. The Balaban J connectivity index is 1.49. The average molecular weight is 445 g/mol. The number of rotatable bonds is 5. The van der Waals surface area contributed by atoms with Crippen molar-refractivity contribution >= 4 is 28.4 Å². The first kappa shape index (κ1) is 20.3. The van der Waals surface area contributed by atoms with Gasteiger partial charge in [0, 0.05) is 5.56 Å². The number of hydrogen-bond donors (Lipinski definition) is 0. The minimum atomic E-state index is -0.159. The van der Waals surface area contributed by atoms with Gasteiger partial charge >= 0.3 is 0 Å². The van der Waals surface area contributed by atoms with Crippen molar-refractivity contribution in [2.24, 2.45) is 0 Å². The van der Waals surface area contributed by atoms with E-state index in [0.29, 0.717) is 52.0 Å². The highest BCUT2D eigenvalue weighted by molar-refractivity contribution is 7.99. The molecule has 0 saturated carbocycles. The van der Waals surface area contributed by atoms with E-state index >= 15 is 0 Å². The summed E-state index contributed by atoms with van der Waals surface area (Å²) >= 11 is 1.25. The predicted molar refractivity (Wildman–Crippen MR) is 125 cm³/mol. The number of fused-ring (bicyclic) bond motifs is 2. The number of benzene rings is 3. The highest BCUT2D eigenvalue weighted by Crippen LogP contribution is 2.31. The van der Waals surface area contributed by atoms with Gasteiger partial charge in [0.2, 0.25) is 0 Å². The molecular formula is C25H20N2O4S. The second-order valence-corrected chi connectivity index (χ2v) is 8.40. The van der Waals surface area contributed by atoms with Gasteiger partial charge in [-0.15, -0.1) is 0 Å². The number of thioether (sulfide) groups is 1. The number of hydrogen-bond acceptors (Lipinski definition) is 6. The number of ether oxygens (including phenoxy) is 2. The number of carbonyl (C=O) groups excluding carboxylic acids is 1. The molecule has 6 nitrogen and oxygen atoms in total. The maximum absolute atomic E-state index is 13.3. The van der Waals surface area contributed by atoms with Crippen LogP contribution in [0.5, 0.6) is 11.5 Å². The van der Waals surface area contributed by atoms with Crippen molar-refractivity contribution < 1.29 is 14.3 Å². The van der Waals surface area contributed by atoms with Gasteiger partial charge in [-0.05, 0) is 49.4 Å². The van der Waals surface area contributed by atoms with Crippen molar-refractivity contribution in [1.29, 1.82) is 0 Å². The number of ketones is 1. The highest BCUT2D eigenvalue weighted by Gasteiger charge is 2.18. The van der Waals surface area contributed by atoms with Crippen LogP contribution in [0.2, 0.25) is 0 Å². The van der Waals surface area contributed by atoms with Gasteiger partial charge in [-0.1, -0.05) is 41.6 Å². The summed E-state index contributed by atoms with van der Waals surface area (Å²) in [4.78, 5) is 30.9. The molecule has 0 radical (unpaired) electrons. The number of aromatic nitrogens is 2. The van der Waals surface area contributed by atoms with Gasteiger partial charge in [-0.25, -0.2) is 4.98 Å². The van der Waals surface area contributed by atoms with E-state index in [0.717, 1.165) is 5.56 Å². The second-order valence-electron chi connectivity index (χ2n) is 7.46. The summed E-state index contributed by atoms with van der Waals surface area (Å²) in [6, 6.07) is 20.1. The first-order valence-corrected chi connectivity index (χ1v) is 11.2. The minimum absolute atomic E-state index is 0.0789. The van der Waals surface area contributed by atoms with Gasteiger partial charge < -0.3 is 9.47 Å². The topological polar surface area (TPSA) is 70.4 Å². The molecular weight excluding hydrogens is 424 g/mol. The maximum Gasteiger partial charge on any atom is 0.266 e. The zero-order chi connectivity index (χ0) is 22.1. The van der Waals surface area contributed by atoms with Crippen LogP contribution in [0.4, 0.5) is 0 Å². The molecule has 0 saturated heterocycles. The average Bonchev–Trinajstić information content (AvgIpc) is 2.83. The molecule has 0 unspecified atom stereocenters. The molecule has 1 aromatic heterocycles. The summed E-state index contributed by atoms with van der Waals surface area (Å²) in [5.74, 6) is 1.28. The molecule has 32 heavy (non-hydrogen) atoms. The summed E-state index contributed by atoms with van der Waals surface area (Å²) in [5, 5.41) is 1.01. The van der Waals surface area contributed by atoms with Crippen LogP contribution < -0.4 is 15.0 Å². The van der Waals surface area contributed by atoms with E-state index in [1.807, 2.05) is 49.4 Å². The molecule has 0 bridgehead atoms. The quantitative estimate of drug-likeness (QED) is 0.258. The Labute approximate surface area is 188 Å². The van der Waals surface area contributed by atoms with E-state index in [1.165, 1.54) is 11.8 Å². The Morgan fingerprint density at radius 3 is 2.56 bits per heavy atom.